The molecule has 9 nitrogen and oxygen atoms in total. The Morgan fingerprint density at radius 1 is 1.15 bits per heavy atom. The first-order chi connectivity index (χ1) is 16.4. The number of hydrogen-bond donors (Lipinski definition) is 1. The lowest BCUT2D eigenvalue weighted by Crippen LogP contribution is -2.49. The van der Waals surface area contributed by atoms with Crippen LogP contribution < -0.4 is 0 Å². The Morgan fingerprint density at radius 2 is 1.88 bits per heavy atom. The summed E-state index contributed by atoms with van der Waals surface area (Å²) in [5.74, 6) is 0.339. The first-order valence-corrected chi connectivity index (χ1v) is 11.9. The van der Waals surface area contributed by atoms with Crippen LogP contribution in [0, 0.1) is 5.82 Å². The van der Waals surface area contributed by atoms with E-state index in [1.165, 1.54) is 12.1 Å². The van der Waals surface area contributed by atoms with Gasteiger partial charge in [0.2, 0.25) is 5.91 Å². The number of benzene rings is 1. The molecule has 1 atom stereocenters. The average Bonchev–Trinajstić information content (AvgIpc) is 3.55. The number of nitrogens with one attached hydrogen (secondary N) is 1. The van der Waals surface area contributed by atoms with E-state index in [-0.39, 0.29) is 30.2 Å². The van der Waals surface area contributed by atoms with Crippen molar-refractivity contribution >= 4 is 17.8 Å². The molecule has 1 N–H and O–H groups in total. The molecular formula is C24H29FN6O3. The average molecular weight is 469 g/mol. The summed E-state index contributed by atoms with van der Waals surface area (Å²) in [6, 6.07) is 5.50. The van der Waals surface area contributed by atoms with E-state index in [4.69, 9.17) is 0 Å². The molecule has 1 saturated carbocycles. The Labute approximate surface area is 197 Å². The third kappa shape index (κ3) is 3.84. The number of rotatable bonds is 5. The molecule has 1 aromatic carbocycles. The van der Waals surface area contributed by atoms with Crippen LogP contribution in [0.2, 0.25) is 0 Å². The Bertz CT molecular complexity index is 1090. The summed E-state index contributed by atoms with van der Waals surface area (Å²) in [4.78, 5) is 48.3. The molecule has 180 valence electrons. The topological polar surface area (TPSA) is 102 Å². The van der Waals surface area contributed by atoms with Gasteiger partial charge in [-0.25, -0.2) is 14.2 Å². The predicted molar refractivity (Wildman–Crippen MR) is 120 cm³/mol. The van der Waals surface area contributed by atoms with Crippen molar-refractivity contribution in [1.29, 1.82) is 0 Å². The fraction of sp³-hybridized carbons (Fsp3) is 0.542. The van der Waals surface area contributed by atoms with Crippen molar-refractivity contribution in [2.75, 3.05) is 20.1 Å². The van der Waals surface area contributed by atoms with E-state index < -0.39 is 11.6 Å². The minimum atomic E-state index is -0.793. The number of carbonyl (C=O) groups excluding carboxylic acids is 3. The molecule has 1 spiro atoms. The molecule has 5 rings (SSSR count). The van der Waals surface area contributed by atoms with E-state index in [1.807, 2.05) is 0 Å². The zero-order chi connectivity index (χ0) is 23.9. The smallest absolute Gasteiger partial charge is 0.327 e. The molecule has 0 bridgehead atoms. The van der Waals surface area contributed by atoms with Gasteiger partial charge in [-0.1, -0.05) is 31.4 Å². The van der Waals surface area contributed by atoms with Gasteiger partial charge in [-0.3, -0.25) is 19.6 Å². The largest absolute Gasteiger partial charge is 0.331 e. The maximum atomic E-state index is 13.2. The zero-order valence-electron chi connectivity index (χ0n) is 19.3. The summed E-state index contributed by atoms with van der Waals surface area (Å²) in [6.07, 6.45) is 6.16. The molecule has 1 aliphatic carbocycles. The number of nitrogens with zero attached hydrogens (tertiary/aromatic N) is 5. The third-order valence-corrected chi connectivity index (χ3v) is 7.48. The van der Waals surface area contributed by atoms with Crippen molar-refractivity contribution in [3.05, 3.63) is 47.3 Å². The molecule has 3 aliphatic rings. The van der Waals surface area contributed by atoms with Crippen LogP contribution in [-0.2, 0) is 16.0 Å². The van der Waals surface area contributed by atoms with Crippen LogP contribution in [0.5, 0.6) is 0 Å². The molecule has 10 heteroatoms. The van der Waals surface area contributed by atoms with Gasteiger partial charge in [-0.2, -0.15) is 5.10 Å². The fourth-order valence-corrected chi connectivity index (χ4v) is 5.56. The minimum absolute atomic E-state index is 0.247. The van der Waals surface area contributed by atoms with E-state index in [2.05, 4.69) is 15.2 Å². The summed E-state index contributed by atoms with van der Waals surface area (Å²) >= 11 is 0. The summed E-state index contributed by atoms with van der Waals surface area (Å²) in [6.45, 7) is 0.273. The highest BCUT2D eigenvalue weighted by atomic mass is 19.1. The minimum Gasteiger partial charge on any atom is -0.331 e. The molecule has 34 heavy (non-hydrogen) atoms. The highest BCUT2D eigenvalue weighted by molar-refractivity contribution is 6.09. The number of likely N-dealkylation sites (tertiary alicyclic amines) is 1. The number of aromatic amines is 1. The maximum absolute atomic E-state index is 13.2. The highest BCUT2D eigenvalue weighted by Gasteiger charge is 2.56. The zero-order valence-corrected chi connectivity index (χ0v) is 19.3. The van der Waals surface area contributed by atoms with Gasteiger partial charge in [0.05, 0.1) is 6.04 Å². The first kappa shape index (κ1) is 22.5. The Balaban J connectivity index is 1.27. The van der Waals surface area contributed by atoms with E-state index in [1.54, 1.807) is 29.0 Å². The molecule has 2 aliphatic heterocycles. The van der Waals surface area contributed by atoms with Crippen LogP contribution in [0.25, 0.3) is 0 Å². The second-order valence-corrected chi connectivity index (χ2v) is 9.51. The summed E-state index contributed by atoms with van der Waals surface area (Å²) in [5.41, 5.74) is 0.106. The number of carbonyl (C=O) groups is 3. The number of urea groups is 1. The van der Waals surface area contributed by atoms with Crippen molar-refractivity contribution in [3.63, 3.8) is 0 Å². The molecule has 3 heterocycles. The molecule has 2 aromatic rings. The van der Waals surface area contributed by atoms with Crippen molar-refractivity contribution in [2.45, 2.75) is 62.9 Å². The first-order valence-electron chi connectivity index (χ1n) is 11.9. The van der Waals surface area contributed by atoms with Crippen LogP contribution in [0.4, 0.5) is 9.18 Å². The van der Waals surface area contributed by atoms with Crippen molar-refractivity contribution in [1.82, 2.24) is 29.9 Å². The van der Waals surface area contributed by atoms with Crippen LogP contribution in [0.15, 0.2) is 24.3 Å². The number of aromatic nitrogens is 3. The lowest BCUT2D eigenvalue weighted by atomic mass is 9.81. The van der Waals surface area contributed by atoms with E-state index in [0.717, 1.165) is 36.1 Å². The molecule has 3 fully saturated rings. The lowest BCUT2D eigenvalue weighted by Gasteiger charge is -2.35. The number of likely N-dealkylation sites (N-methyl/N-ethyl adjacent to an activating group) is 1. The van der Waals surface area contributed by atoms with Crippen LogP contribution in [0.3, 0.4) is 0 Å². The predicted octanol–water partition coefficient (Wildman–Crippen LogP) is 2.80. The van der Waals surface area contributed by atoms with Gasteiger partial charge >= 0.3 is 6.03 Å². The van der Waals surface area contributed by atoms with Crippen molar-refractivity contribution < 1.29 is 18.8 Å². The number of halogens is 1. The summed E-state index contributed by atoms with van der Waals surface area (Å²) in [7, 11) is 1.67. The van der Waals surface area contributed by atoms with E-state index >= 15 is 0 Å². The molecule has 4 amide bonds. The van der Waals surface area contributed by atoms with Crippen LogP contribution in [0.1, 0.15) is 68.2 Å². The number of imide groups is 1. The van der Waals surface area contributed by atoms with Gasteiger partial charge in [-0.15, -0.1) is 0 Å². The van der Waals surface area contributed by atoms with E-state index in [0.29, 0.717) is 43.9 Å². The molecule has 2 saturated heterocycles. The molecular weight excluding hydrogens is 439 g/mol. The molecule has 1 unspecified atom stereocenters. The normalized spacial score (nSPS) is 22.3. The summed E-state index contributed by atoms with van der Waals surface area (Å²) in [5, 5.41) is 7.25. The van der Waals surface area contributed by atoms with Crippen molar-refractivity contribution in [2.24, 2.45) is 0 Å². The Kier molecular flexibility index (Phi) is 5.83. The molecule has 1 aromatic heterocycles. The Morgan fingerprint density at radius 3 is 2.62 bits per heavy atom. The monoisotopic (exact) mass is 468 g/mol. The summed E-state index contributed by atoms with van der Waals surface area (Å²) < 4.78 is 13.2. The Hall–Kier alpha value is -3.30. The van der Waals surface area contributed by atoms with Gasteiger partial charge in [0, 0.05) is 20.0 Å². The number of H-pyrrole nitrogens is 1. The van der Waals surface area contributed by atoms with Crippen LogP contribution in [-0.4, -0.2) is 73.4 Å². The SMILES string of the molecule is CN1C(=O)N(CC(=O)N2CCCC2c2n[nH]c(Cc3ccc(F)cc3)n2)C(=O)C12CCCCC2. The van der Waals surface area contributed by atoms with Gasteiger partial charge in [0.25, 0.3) is 5.91 Å². The lowest BCUT2D eigenvalue weighted by molar-refractivity contribution is -0.141. The van der Waals surface area contributed by atoms with Crippen LogP contribution >= 0.6 is 0 Å². The highest BCUT2D eigenvalue weighted by Crippen LogP contribution is 2.39. The third-order valence-electron chi connectivity index (χ3n) is 7.48. The van der Waals surface area contributed by atoms with E-state index in [9.17, 15) is 18.8 Å². The maximum Gasteiger partial charge on any atom is 0.327 e. The second-order valence-electron chi connectivity index (χ2n) is 9.51. The van der Waals surface area contributed by atoms with Gasteiger partial charge < -0.3 is 9.80 Å². The van der Waals surface area contributed by atoms with Gasteiger partial charge in [-0.05, 0) is 43.4 Å². The van der Waals surface area contributed by atoms with Gasteiger partial charge in [0.15, 0.2) is 5.82 Å². The van der Waals surface area contributed by atoms with Crippen molar-refractivity contribution in [3.8, 4) is 0 Å². The van der Waals surface area contributed by atoms with Gasteiger partial charge in [0.1, 0.15) is 23.7 Å². The number of amides is 4. The number of hydrogen-bond acceptors (Lipinski definition) is 5. The molecule has 0 radical (unpaired) electrons. The second kappa shape index (κ2) is 8.81. The standard InChI is InChI=1S/C24H29FN6O3/c1-29-23(34)31(22(33)24(29)11-3-2-4-12-24)15-20(32)30-13-5-6-18(30)21-26-19(27-28-21)14-16-7-9-17(25)10-8-16/h7-10,18H,2-6,11-15H2,1H3,(H,26,27,28). The quantitative estimate of drug-likeness (QED) is 0.680. The fourth-order valence-electron chi connectivity index (χ4n) is 5.56.